The highest BCUT2D eigenvalue weighted by molar-refractivity contribution is 5.66. The van der Waals surface area contributed by atoms with Crippen LogP contribution >= 0.6 is 0 Å². The summed E-state index contributed by atoms with van der Waals surface area (Å²) in [6.07, 6.45) is 4.87. The van der Waals surface area contributed by atoms with Crippen LogP contribution in [0.15, 0.2) is 23.4 Å². The molecule has 0 aromatic carbocycles. The maximum absolute atomic E-state index is 11.0. The number of rotatable bonds is 4. The van der Waals surface area contributed by atoms with Gasteiger partial charge in [-0.25, -0.2) is 4.79 Å². The van der Waals surface area contributed by atoms with Crippen molar-refractivity contribution < 1.29 is 9.53 Å². The molecule has 4 heteroatoms. The summed E-state index contributed by atoms with van der Waals surface area (Å²) < 4.78 is 5.12. The van der Waals surface area contributed by atoms with Crippen molar-refractivity contribution in [3.63, 3.8) is 0 Å². The van der Waals surface area contributed by atoms with Gasteiger partial charge in [0.1, 0.15) is 6.10 Å². The molecule has 0 saturated heterocycles. The number of carbonyl (C=O) groups is 1. The lowest BCUT2D eigenvalue weighted by molar-refractivity contribution is 0.109. The molecule has 1 aliphatic carbocycles. The van der Waals surface area contributed by atoms with E-state index in [-0.39, 0.29) is 11.5 Å². The normalized spacial score (nSPS) is 19.4. The lowest BCUT2D eigenvalue weighted by atomic mass is 9.82. The van der Waals surface area contributed by atoms with E-state index >= 15 is 0 Å². The van der Waals surface area contributed by atoms with E-state index in [0.717, 1.165) is 6.42 Å². The molecule has 0 fully saturated rings. The summed E-state index contributed by atoms with van der Waals surface area (Å²) in [6, 6.07) is 0. The first-order valence-corrected chi connectivity index (χ1v) is 6.34. The Kier molecular flexibility index (Phi) is 4.82. The van der Waals surface area contributed by atoms with Crippen LogP contribution in [0.4, 0.5) is 4.79 Å². The van der Waals surface area contributed by atoms with Crippen molar-refractivity contribution >= 4 is 6.09 Å². The lowest BCUT2D eigenvalue weighted by Gasteiger charge is -2.28. The van der Waals surface area contributed by atoms with Crippen molar-refractivity contribution in [2.75, 3.05) is 13.6 Å². The molecule has 1 unspecified atom stereocenters. The molecule has 1 rings (SSSR count). The summed E-state index contributed by atoms with van der Waals surface area (Å²) >= 11 is 0. The van der Waals surface area contributed by atoms with E-state index in [4.69, 9.17) is 4.74 Å². The van der Waals surface area contributed by atoms with Crippen molar-refractivity contribution in [3.8, 4) is 0 Å². The number of carbonyl (C=O) groups excluding carboxylic acids is 1. The van der Waals surface area contributed by atoms with E-state index in [1.807, 2.05) is 6.92 Å². The van der Waals surface area contributed by atoms with E-state index in [1.165, 1.54) is 11.3 Å². The summed E-state index contributed by atoms with van der Waals surface area (Å²) in [6.45, 7) is 9.04. The Hall–Kier alpha value is -1.45. The van der Waals surface area contributed by atoms with Crippen molar-refractivity contribution in [3.05, 3.63) is 23.4 Å². The fourth-order valence-electron chi connectivity index (χ4n) is 2.20. The molecule has 1 amide bonds. The van der Waals surface area contributed by atoms with Crippen LogP contribution in [0.3, 0.4) is 0 Å². The number of hydrogen-bond donors (Lipinski definition) is 2. The molecule has 4 nitrogen and oxygen atoms in total. The molecule has 0 radical (unpaired) electrons. The number of nitrogens with one attached hydrogen (secondary N) is 2. The summed E-state index contributed by atoms with van der Waals surface area (Å²) in [4.78, 5) is 11.0. The zero-order chi connectivity index (χ0) is 13.8. The van der Waals surface area contributed by atoms with Crippen LogP contribution in [-0.4, -0.2) is 25.8 Å². The minimum atomic E-state index is -0.390. The Morgan fingerprint density at radius 1 is 1.56 bits per heavy atom. The molecule has 0 spiro atoms. The number of alkyl carbamates (subject to hydrolysis) is 1. The van der Waals surface area contributed by atoms with Gasteiger partial charge >= 0.3 is 6.09 Å². The third-order valence-corrected chi connectivity index (χ3v) is 2.80. The van der Waals surface area contributed by atoms with Gasteiger partial charge in [0, 0.05) is 12.7 Å². The van der Waals surface area contributed by atoms with Crippen molar-refractivity contribution in [2.24, 2.45) is 5.41 Å². The van der Waals surface area contributed by atoms with Gasteiger partial charge in [0.2, 0.25) is 0 Å². The molecule has 102 valence electrons. The Morgan fingerprint density at radius 2 is 2.22 bits per heavy atom. The number of amides is 1. The highest BCUT2D eigenvalue weighted by Crippen LogP contribution is 2.31. The highest BCUT2D eigenvalue weighted by Gasteiger charge is 2.21. The minimum absolute atomic E-state index is 0.153. The molecule has 1 atom stereocenters. The van der Waals surface area contributed by atoms with Gasteiger partial charge in [0.05, 0.1) is 6.54 Å². The van der Waals surface area contributed by atoms with Gasteiger partial charge in [-0.05, 0) is 31.8 Å². The molecule has 0 saturated carbocycles. The number of allylic oxidation sites excluding steroid dienone is 4. The topological polar surface area (TPSA) is 50.4 Å². The first-order chi connectivity index (χ1) is 8.32. The van der Waals surface area contributed by atoms with E-state index in [1.54, 1.807) is 7.05 Å². The molecule has 1 aliphatic rings. The second-order valence-electron chi connectivity index (χ2n) is 5.57. The molecular weight excluding hydrogens is 228 g/mol. The summed E-state index contributed by atoms with van der Waals surface area (Å²) in [7, 11) is 1.56. The Morgan fingerprint density at radius 3 is 2.78 bits per heavy atom. The van der Waals surface area contributed by atoms with E-state index in [2.05, 4.69) is 43.6 Å². The zero-order valence-corrected chi connectivity index (χ0v) is 12.0. The monoisotopic (exact) mass is 252 g/mol. The van der Waals surface area contributed by atoms with Crippen LogP contribution in [-0.2, 0) is 4.74 Å². The SMILES string of the molecule is CNC(=O)OC(C)CNC1=CC(C)=CC(C)(C)C1. The highest BCUT2D eigenvalue weighted by atomic mass is 16.6. The van der Waals surface area contributed by atoms with Crippen LogP contribution in [0.5, 0.6) is 0 Å². The van der Waals surface area contributed by atoms with Gasteiger partial charge in [-0.15, -0.1) is 0 Å². The van der Waals surface area contributed by atoms with E-state index in [9.17, 15) is 4.79 Å². The average molecular weight is 252 g/mol. The fourth-order valence-corrected chi connectivity index (χ4v) is 2.20. The van der Waals surface area contributed by atoms with Gasteiger partial charge in [0.15, 0.2) is 0 Å². The Bertz CT molecular complexity index is 370. The smallest absolute Gasteiger partial charge is 0.407 e. The maximum atomic E-state index is 11.0. The second-order valence-corrected chi connectivity index (χ2v) is 5.57. The molecule has 0 aromatic heterocycles. The Balaban J connectivity index is 2.45. The third-order valence-electron chi connectivity index (χ3n) is 2.80. The minimum Gasteiger partial charge on any atom is -0.445 e. The average Bonchev–Trinajstić information content (AvgIpc) is 2.23. The van der Waals surface area contributed by atoms with Crippen LogP contribution in [0.1, 0.15) is 34.1 Å². The number of hydrogen-bond acceptors (Lipinski definition) is 3. The lowest BCUT2D eigenvalue weighted by Crippen LogP contribution is -2.33. The molecule has 0 aliphatic heterocycles. The van der Waals surface area contributed by atoms with Gasteiger partial charge < -0.3 is 15.4 Å². The predicted molar refractivity (Wildman–Crippen MR) is 73.2 cm³/mol. The van der Waals surface area contributed by atoms with Crippen LogP contribution in [0.2, 0.25) is 0 Å². The molecular formula is C14H24N2O2. The quantitative estimate of drug-likeness (QED) is 0.808. The van der Waals surface area contributed by atoms with Crippen molar-refractivity contribution in [1.29, 1.82) is 0 Å². The summed E-state index contributed by atoms with van der Waals surface area (Å²) in [5.74, 6) is 0. The fraction of sp³-hybridized carbons (Fsp3) is 0.643. The summed E-state index contributed by atoms with van der Waals surface area (Å²) in [5, 5.41) is 5.79. The third kappa shape index (κ3) is 4.82. The second kappa shape index (κ2) is 5.94. The van der Waals surface area contributed by atoms with E-state index in [0.29, 0.717) is 6.54 Å². The van der Waals surface area contributed by atoms with Crippen LogP contribution < -0.4 is 10.6 Å². The van der Waals surface area contributed by atoms with Crippen LogP contribution in [0, 0.1) is 5.41 Å². The first-order valence-electron chi connectivity index (χ1n) is 6.34. The van der Waals surface area contributed by atoms with Gasteiger partial charge in [-0.1, -0.05) is 25.5 Å². The standard InChI is InChI=1S/C14H24N2O2/c1-10-6-12(8-14(3,4)7-10)16-9-11(2)18-13(17)15-5/h6-7,11,16H,8-9H2,1-5H3,(H,15,17). The molecule has 0 aromatic rings. The largest absolute Gasteiger partial charge is 0.445 e. The molecule has 0 bridgehead atoms. The van der Waals surface area contributed by atoms with Gasteiger partial charge in [0.25, 0.3) is 0 Å². The van der Waals surface area contributed by atoms with E-state index < -0.39 is 6.09 Å². The van der Waals surface area contributed by atoms with Crippen molar-refractivity contribution in [1.82, 2.24) is 10.6 Å². The predicted octanol–water partition coefficient (Wildman–Crippen LogP) is 2.58. The molecule has 18 heavy (non-hydrogen) atoms. The number of ether oxygens (including phenoxy) is 1. The summed E-state index contributed by atoms with van der Waals surface area (Å²) in [5.41, 5.74) is 2.66. The zero-order valence-electron chi connectivity index (χ0n) is 12.0. The van der Waals surface area contributed by atoms with Crippen molar-refractivity contribution in [2.45, 2.75) is 40.2 Å². The molecule has 2 N–H and O–H groups in total. The molecule has 0 heterocycles. The van der Waals surface area contributed by atoms with Gasteiger partial charge in [-0.3, -0.25) is 0 Å². The van der Waals surface area contributed by atoms with Gasteiger partial charge in [-0.2, -0.15) is 0 Å². The Labute approximate surface area is 109 Å². The maximum Gasteiger partial charge on any atom is 0.407 e. The van der Waals surface area contributed by atoms with Crippen LogP contribution in [0.25, 0.3) is 0 Å². The first kappa shape index (κ1) is 14.6.